The van der Waals surface area contributed by atoms with Gasteiger partial charge < -0.3 is 18.9 Å². The van der Waals surface area contributed by atoms with Crippen LogP contribution in [-0.2, 0) is 6.61 Å². The molecule has 0 saturated heterocycles. The van der Waals surface area contributed by atoms with E-state index in [4.69, 9.17) is 18.9 Å². The van der Waals surface area contributed by atoms with E-state index in [0.29, 0.717) is 17.9 Å². The van der Waals surface area contributed by atoms with Gasteiger partial charge in [-0.3, -0.25) is 4.79 Å². The van der Waals surface area contributed by atoms with Crippen LogP contribution in [0.25, 0.3) is 11.1 Å². The Morgan fingerprint density at radius 3 is 2.00 bits per heavy atom. The van der Waals surface area contributed by atoms with Gasteiger partial charge in [0, 0.05) is 5.56 Å². The average Bonchev–Trinajstić information content (AvgIpc) is 2.88. The van der Waals surface area contributed by atoms with E-state index in [1.54, 1.807) is 12.1 Å². The molecular weight excluding hydrogens is 356 g/mol. The second-order valence-electron chi connectivity index (χ2n) is 6.01. The van der Waals surface area contributed by atoms with Gasteiger partial charge in [-0.15, -0.1) is 0 Å². The van der Waals surface area contributed by atoms with Gasteiger partial charge in [0.1, 0.15) is 12.4 Å². The fourth-order valence-corrected chi connectivity index (χ4v) is 2.90. The predicted molar refractivity (Wildman–Crippen MR) is 109 cm³/mol. The van der Waals surface area contributed by atoms with Crippen LogP contribution in [0, 0.1) is 0 Å². The zero-order valence-corrected chi connectivity index (χ0v) is 16.1. The molecule has 0 atom stereocenters. The van der Waals surface area contributed by atoms with Crippen LogP contribution in [0.5, 0.6) is 23.0 Å². The molecule has 3 aromatic rings. The first kappa shape index (κ1) is 19.3. The minimum absolute atomic E-state index is 0.105. The second-order valence-corrected chi connectivity index (χ2v) is 6.01. The zero-order valence-electron chi connectivity index (χ0n) is 16.1. The van der Waals surface area contributed by atoms with Crippen molar-refractivity contribution in [2.75, 3.05) is 21.3 Å². The SMILES string of the molecule is COc1ccc(-c2ccc(OCc3ccccc3)cc2)c(OC)c(=O)c1OC. The molecule has 0 aliphatic heterocycles. The van der Waals surface area contributed by atoms with Crippen LogP contribution in [0.1, 0.15) is 5.56 Å². The van der Waals surface area contributed by atoms with Gasteiger partial charge in [-0.2, -0.15) is 0 Å². The largest absolute Gasteiger partial charge is 0.493 e. The molecular formula is C23H22O5. The lowest BCUT2D eigenvalue weighted by atomic mass is 10.1. The Balaban J connectivity index is 1.92. The Morgan fingerprint density at radius 2 is 1.39 bits per heavy atom. The third-order valence-corrected chi connectivity index (χ3v) is 4.32. The fourth-order valence-electron chi connectivity index (χ4n) is 2.90. The summed E-state index contributed by atoms with van der Waals surface area (Å²) in [5.41, 5.74) is 2.19. The summed E-state index contributed by atoms with van der Waals surface area (Å²) in [4.78, 5) is 12.8. The first-order valence-corrected chi connectivity index (χ1v) is 8.78. The van der Waals surface area contributed by atoms with Gasteiger partial charge in [0.25, 0.3) is 5.43 Å². The molecule has 144 valence electrons. The standard InChI is InChI=1S/C23H22O5/c1-25-20-14-13-19(22(26-2)21(24)23(20)27-3)17-9-11-18(12-10-17)28-15-16-7-5-4-6-8-16/h4-14H,15H2,1-3H3. The van der Waals surface area contributed by atoms with Crippen molar-refractivity contribution in [3.05, 3.63) is 82.5 Å². The second kappa shape index (κ2) is 8.95. The molecule has 0 amide bonds. The van der Waals surface area contributed by atoms with Gasteiger partial charge >= 0.3 is 0 Å². The van der Waals surface area contributed by atoms with E-state index in [0.717, 1.165) is 16.9 Å². The molecule has 0 saturated carbocycles. The number of hydrogen-bond acceptors (Lipinski definition) is 5. The van der Waals surface area contributed by atoms with Crippen LogP contribution >= 0.6 is 0 Å². The third-order valence-electron chi connectivity index (χ3n) is 4.32. The van der Waals surface area contributed by atoms with E-state index in [-0.39, 0.29) is 16.9 Å². The third kappa shape index (κ3) is 4.09. The molecule has 0 radical (unpaired) electrons. The molecule has 0 unspecified atom stereocenters. The Morgan fingerprint density at radius 1 is 0.714 bits per heavy atom. The van der Waals surface area contributed by atoms with Gasteiger partial charge in [-0.25, -0.2) is 0 Å². The Hall–Kier alpha value is -3.47. The molecule has 5 heteroatoms. The number of ether oxygens (including phenoxy) is 4. The summed E-state index contributed by atoms with van der Waals surface area (Å²) in [6, 6.07) is 20.9. The number of benzene rings is 2. The van der Waals surface area contributed by atoms with Crippen LogP contribution in [0.3, 0.4) is 0 Å². The first-order chi connectivity index (χ1) is 13.7. The maximum Gasteiger partial charge on any atom is 0.266 e. The molecule has 3 rings (SSSR count). The number of rotatable bonds is 7. The lowest BCUT2D eigenvalue weighted by molar-refractivity contribution is 0.306. The Bertz CT molecular complexity index is 982. The van der Waals surface area contributed by atoms with Crippen molar-refractivity contribution in [2.24, 2.45) is 0 Å². The summed E-state index contributed by atoms with van der Waals surface area (Å²) in [5.74, 6) is 1.38. The van der Waals surface area contributed by atoms with Crippen LogP contribution < -0.4 is 24.4 Å². The molecule has 28 heavy (non-hydrogen) atoms. The van der Waals surface area contributed by atoms with Gasteiger partial charge in [0.05, 0.1) is 21.3 Å². The maximum atomic E-state index is 12.8. The molecule has 0 fully saturated rings. The monoisotopic (exact) mass is 378 g/mol. The van der Waals surface area contributed by atoms with E-state index in [1.165, 1.54) is 21.3 Å². The van der Waals surface area contributed by atoms with E-state index in [1.807, 2.05) is 54.6 Å². The highest BCUT2D eigenvalue weighted by Gasteiger charge is 2.16. The predicted octanol–water partition coefficient (Wildman–Crippen LogP) is 4.32. The van der Waals surface area contributed by atoms with Crippen molar-refractivity contribution in [2.45, 2.75) is 6.61 Å². The lowest BCUT2D eigenvalue weighted by Gasteiger charge is -2.09. The van der Waals surface area contributed by atoms with E-state index in [9.17, 15) is 4.79 Å². The minimum Gasteiger partial charge on any atom is -0.493 e. The van der Waals surface area contributed by atoms with E-state index < -0.39 is 0 Å². The molecule has 0 heterocycles. The van der Waals surface area contributed by atoms with Crippen LogP contribution in [0.15, 0.2) is 71.5 Å². The number of hydrogen-bond donors (Lipinski definition) is 0. The molecule has 0 bridgehead atoms. The smallest absolute Gasteiger partial charge is 0.266 e. The summed E-state index contributed by atoms with van der Waals surface area (Å²) in [6.45, 7) is 0.489. The summed E-state index contributed by atoms with van der Waals surface area (Å²) in [6.07, 6.45) is 0. The van der Waals surface area contributed by atoms with Crippen molar-refractivity contribution >= 4 is 0 Å². The highest BCUT2D eigenvalue weighted by Crippen LogP contribution is 2.33. The van der Waals surface area contributed by atoms with Crippen molar-refractivity contribution in [3.8, 4) is 34.1 Å². The minimum atomic E-state index is -0.369. The highest BCUT2D eigenvalue weighted by atomic mass is 16.5. The summed E-state index contributed by atoms with van der Waals surface area (Å²) in [5, 5.41) is 0. The van der Waals surface area contributed by atoms with E-state index in [2.05, 4.69) is 0 Å². The van der Waals surface area contributed by atoms with Crippen LogP contribution in [0.2, 0.25) is 0 Å². The van der Waals surface area contributed by atoms with Gasteiger partial charge in [0.15, 0.2) is 11.5 Å². The van der Waals surface area contributed by atoms with Gasteiger partial charge in [0.2, 0.25) is 5.75 Å². The first-order valence-electron chi connectivity index (χ1n) is 8.78. The summed E-state index contributed by atoms with van der Waals surface area (Å²) >= 11 is 0. The summed E-state index contributed by atoms with van der Waals surface area (Å²) < 4.78 is 21.7. The van der Waals surface area contributed by atoms with Crippen molar-refractivity contribution in [3.63, 3.8) is 0 Å². The van der Waals surface area contributed by atoms with E-state index >= 15 is 0 Å². The number of methoxy groups -OCH3 is 3. The normalized spacial score (nSPS) is 10.2. The van der Waals surface area contributed by atoms with Crippen molar-refractivity contribution in [1.82, 2.24) is 0 Å². The van der Waals surface area contributed by atoms with Gasteiger partial charge in [-0.1, -0.05) is 42.5 Å². The molecule has 5 nitrogen and oxygen atoms in total. The molecule has 3 aromatic carbocycles. The molecule has 0 N–H and O–H groups in total. The topological polar surface area (TPSA) is 54.0 Å². The molecule has 0 aromatic heterocycles. The van der Waals surface area contributed by atoms with Crippen LogP contribution in [0.4, 0.5) is 0 Å². The average molecular weight is 378 g/mol. The maximum absolute atomic E-state index is 12.8. The quantitative estimate of drug-likeness (QED) is 0.613. The molecule has 0 aliphatic carbocycles. The lowest BCUT2D eigenvalue weighted by Crippen LogP contribution is -2.08. The van der Waals surface area contributed by atoms with Crippen LogP contribution in [-0.4, -0.2) is 21.3 Å². The molecule has 0 aliphatic rings. The zero-order chi connectivity index (χ0) is 19.9. The summed E-state index contributed by atoms with van der Waals surface area (Å²) in [7, 11) is 4.38. The Kier molecular flexibility index (Phi) is 6.17. The Labute approximate surface area is 164 Å². The molecule has 0 spiro atoms. The van der Waals surface area contributed by atoms with Crippen molar-refractivity contribution in [1.29, 1.82) is 0 Å². The fraction of sp³-hybridized carbons (Fsp3) is 0.174. The van der Waals surface area contributed by atoms with Crippen molar-refractivity contribution < 1.29 is 18.9 Å². The van der Waals surface area contributed by atoms with Gasteiger partial charge in [-0.05, 0) is 35.4 Å². The highest BCUT2D eigenvalue weighted by molar-refractivity contribution is 5.72.